The molecule has 0 aromatic carbocycles. The van der Waals surface area contributed by atoms with Crippen LogP contribution in [-0.2, 0) is 11.2 Å². The van der Waals surface area contributed by atoms with E-state index in [0.29, 0.717) is 23.4 Å². The predicted octanol–water partition coefficient (Wildman–Crippen LogP) is 4.41. The third-order valence-electron chi connectivity index (χ3n) is 6.01. The highest BCUT2D eigenvalue weighted by atomic mass is 35.5. The zero-order valence-electron chi connectivity index (χ0n) is 18.2. The van der Waals surface area contributed by atoms with E-state index < -0.39 is 5.60 Å². The molecule has 1 amide bonds. The summed E-state index contributed by atoms with van der Waals surface area (Å²) in [7, 11) is 1.91. The molecule has 30 heavy (non-hydrogen) atoms. The number of nitriles is 2. The maximum Gasteiger partial charge on any atom is 0.410 e. The lowest BCUT2D eigenvalue weighted by molar-refractivity contribution is 0.00597. The van der Waals surface area contributed by atoms with Crippen molar-refractivity contribution < 1.29 is 9.53 Å². The number of nitrogens with zero attached hydrogens (tertiary/aromatic N) is 5. The van der Waals surface area contributed by atoms with E-state index in [2.05, 4.69) is 17.1 Å². The zero-order valence-corrected chi connectivity index (χ0v) is 19.0. The molecule has 0 spiro atoms. The topological polar surface area (TPSA) is 93.2 Å². The van der Waals surface area contributed by atoms with E-state index >= 15 is 0 Å². The van der Waals surface area contributed by atoms with Crippen molar-refractivity contribution in [2.45, 2.75) is 83.5 Å². The van der Waals surface area contributed by atoms with E-state index in [1.165, 1.54) is 0 Å². The number of amides is 1. The number of rotatable bonds is 3. The van der Waals surface area contributed by atoms with Crippen LogP contribution in [0.15, 0.2) is 0 Å². The molecule has 8 heteroatoms. The first-order valence-corrected chi connectivity index (χ1v) is 10.8. The highest BCUT2D eigenvalue weighted by Gasteiger charge is 2.46. The summed E-state index contributed by atoms with van der Waals surface area (Å²) in [6.45, 7) is 7.53. The highest BCUT2D eigenvalue weighted by molar-refractivity contribution is 6.30. The lowest BCUT2D eigenvalue weighted by Gasteiger charge is -2.43. The molecule has 0 aliphatic carbocycles. The van der Waals surface area contributed by atoms with Gasteiger partial charge in [-0.05, 0) is 58.4 Å². The molecule has 2 aliphatic rings. The van der Waals surface area contributed by atoms with Crippen molar-refractivity contribution in [3.05, 3.63) is 21.8 Å². The minimum absolute atomic E-state index is 0.107. The molecule has 2 bridgehead atoms. The number of piperidine rings is 1. The summed E-state index contributed by atoms with van der Waals surface area (Å²) in [4.78, 5) is 21.0. The number of carbonyl (C=O) groups excluding carboxylic acids is 1. The minimum atomic E-state index is -0.522. The van der Waals surface area contributed by atoms with Crippen LogP contribution >= 0.6 is 11.6 Å². The molecule has 2 aliphatic heterocycles. The summed E-state index contributed by atoms with van der Waals surface area (Å²) in [5, 5.41) is 19.3. The highest BCUT2D eigenvalue weighted by Crippen LogP contribution is 2.40. The van der Waals surface area contributed by atoms with Crippen LogP contribution in [0.5, 0.6) is 0 Å². The van der Waals surface area contributed by atoms with Crippen molar-refractivity contribution in [1.29, 1.82) is 10.5 Å². The van der Waals surface area contributed by atoms with Crippen LogP contribution in [0.4, 0.5) is 10.6 Å². The van der Waals surface area contributed by atoms with Crippen molar-refractivity contribution in [3.63, 3.8) is 0 Å². The number of hydrogen-bond acceptors (Lipinski definition) is 6. The van der Waals surface area contributed by atoms with Gasteiger partial charge in [0.2, 0.25) is 0 Å². The van der Waals surface area contributed by atoms with Crippen molar-refractivity contribution in [1.82, 2.24) is 9.88 Å². The van der Waals surface area contributed by atoms with E-state index in [4.69, 9.17) is 16.3 Å². The average molecular weight is 430 g/mol. The van der Waals surface area contributed by atoms with Crippen molar-refractivity contribution in [2.75, 3.05) is 11.9 Å². The van der Waals surface area contributed by atoms with Crippen LogP contribution in [0, 0.1) is 22.7 Å². The third kappa shape index (κ3) is 4.04. The van der Waals surface area contributed by atoms with Gasteiger partial charge < -0.3 is 14.5 Å². The first-order chi connectivity index (χ1) is 14.1. The Balaban J connectivity index is 1.87. The van der Waals surface area contributed by atoms with Crippen LogP contribution in [0.25, 0.3) is 0 Å². The first kappa shape index (κ1) is 22.2. The monoisotopic (exact) mass is 429 g/mol. The number of carbonyl (C=O) groups is 1. The molecule has 0 N–H and O–H groups in total. The van der Waals surface area contributed by atoms with Crippen LogP contribution in [0.3, 0.4) is 0 Å². The Hall–Kier alpha value is -2.51. The average Bonchev–Trinajstić information content (AvgIpc) is 2.95. The summed E-state index contributed by atoms with van der Waals surface area (Å²) in [6.07, 6.45) is 3.72. The molecule has 1 aromatic rings. The molecular weight excluding hydrogens is 402 g/mol. The van der Waals surface area contributed by atoms with E-state index in [0.717, 1.165) is 25.7 Å². The quantitative estimate of drug-likeness (QED) is 0.660. The van der Waals surface area contributed by atoms with Gasteiger partial charge in [-0.15, -0.1) is 0 Å². The summed E-state index contributed by atoms with van der Waals surface area (Å²) < 4.78 is 5.62. The van der Waals surface area contributed by atoms with Crippen LogP contribution in [-0.4, -0.2) is 46.8 Å². The normalized spacial score (nSPS) is 22.9. The van der Waals surface area contributed by atoms with Gasteiger partial charge in [0.05, 0.1) is 11.1 Å². The van der Waals surface area contributed by atoms with Gasteiger partial charge >= 0.3 is 6.09 Å². The molecule has 2 atom stereocenters. The summed E-state index contributed by atoms with van der Waals surface area (Å²) in [5.41, 5.74) is 0.789. The van der Waals surface area contributed by atoms with Gasteiger partial charge in [-0.2, -0.15) is 10.5 Å². The summed E-state index contributed by atoms with van der Waals surface area (Å²) >= 11 is 6.28. The Morgan fingerprint density at radius 1 is 1.23 bits per heavy atom. The lowest BCUT2D eigenvalue weighted by Crippen LogP contribution is -2.53. The van der Waals surface area contributed by atoms with Gasteiger partial charge in [0.15, 0.2) is 0 Å². The van der Waals surface area contributed by atoms with Crippen molar-refractivity contribution in [3.8, 4) is 12.1 Å². The fourth-order valence-electron chi connectivity index (χ4n) is 4.68. The van der Waals surface area contributed by atoms with Crippen LogP contribution in [0.1, 0.15) is 70.1 Å². The molecule has 1 aromatic heterocycles. The number of fused-ring (bicyclic) bond motifs is 2. The zero-order chi connectivity index (χ0) is 22.2. The number of aromatic nitrogens is 1. The SMILES string of the molecule is CCc1c(C#N)c(Cl)nc(N(C)C2CC3CCC(C2)N3C(=O)OC(C)(C)C)c1C#N. The fourth-order valence-corrected chi connectivity index (χ4v) is 4.92. The summed E-state index contributed by atoms with van der Waals surface area (Å²) in [5.74, 6) is 0.508. The van der Waals surface area contributed by atoms with Crippen molar-refractivity contribution in [2.24, 2.45) is 0 Å². The molecule has 3 heterocycles. The van der Waals surface area contributed by atoms with Crippen LogP contribution < -0.4 is 4.90 Å². The number of ether oxygens (including phenoxy) is 1. The predicted molar refractivity (Wildman–Crippen MR) is 114 cm³/mol. The summed E-state index contributed by atoms with van der Waals surface area (Å²) in [6, 6.07) is 4.64. The third-order valence-corrected chi connectivity index (χ3v) is 6.28. The second-order valence-corrected chi connectivity index (χ2v) is 9.40. The van der Waals surface area contributed by atoms with E-state index in [1.54, 1.807) is 0 Å². The molecule has 2 saturated heterocycles. The molecule has 0 saturated carbocycles. The minimum Gasteiger partial charge on any atom is -0.444 e. The molecule has 3 rings (SSSR count). The van der Waals surface area contributed by atoms with Gasteiger partial charge in [-0.1, -0.05) is 18.5 Å². The molecule has 2 fully saturated rings. The van der Waals surface area contributed by atoms with Crippen LogP contribution in [0.2, 0.25) is 5.15 Å². The number of anilines is 1. The van der Waals surface area contributed by atoms with E-state index in [-0.39, 0.29) is 34.9 Å². The molecular formula is C22H28ClN5O2. The van der Waals surface area contributed by atoms with Crippen molar-refractivity contribution >= 4 is 23.5 Å². The van der Waals surface area contributed by atoms with E-state index in [9.17, 15) is 15.3 Å². The van der Waals surface area contributed by atoms with E-state index in [1.807, 2.05) is 44.5 Å². The Labute approximate surface area is 183 Å². The molecule has 160 valence electrons. The number of halogens is 1. The van der Waals surface area contributed by atoms with Gasteiger partial charge in [0, 0.05) is 25.2 Å². The molecule has 7 nitrogen and oxygen atoms in total. The first-order valence-electron chi connectivity index (χ1n) is 10.4. The van der Waals surface area contributed by atoms with Gasteiger partial charge in [0.25, 0.3) is 0 Å². The Morgan fingerprint density at radius 2 is 1.80 bits per heavy atom. The Morgan fingerprint density at radius 3 is 2.27 bits per heavy atom. The van der Waals surface area contributed by atoms with Gasteiger partial charge in [-0.3, -0.25) is 0 Å². The van der Waals surface area contributed by atoms with Gasteiger partial charge in [0.1, 0.15) is 28.7 Å². The molecule has 2 unspecified atom stereocenters. The second kappa shape index (κ2) is 8.32. The second-order valence-electron chi connectivity index (χ2n) is 9.04. The van der Waals surface area contributed by atoms with Gasteiger partial charge in [-0.25, -0.2) is 9.78 Å². The lowest BCUT2D eigenvalue weighted by atomic mass is 9.95. The Bertz CT molecular complexity index is 913. The standard InChI is InChI=1S/C22H28ClN5O2/c1-6-16-17(11-24)19(23)26-20(18(16)12-25)27(5)15-9-13-7-8-14(10-15)28(13)21(29)30-22(2,3)4/h13-15H,6-10H2,1-5H3. The maximum absolute atomic E-state index is 12.7. The molecule has 0 radical (unpaired) electrons. The largest absolute Gasteiger partial charge is 0.444 e. The fraction of sp³-hybridized carbons (Fsp3) is 0.636. The number of pyridine rings is 1. The Kier molecular flexibility index (Phi) is 6.15. The maximum atomic E-state index is 12.7. The smallest absolute Gasteiger partial charge is 0.410 e. The number of hydrogen-bond donors (Lipinski definition) is 0.